The third-order valence-electron chi connectivity index (χ3n) is 4.20. The first-order valence-electron chi connectivity index (χ1n) is 8.13. The number of rotatable bonds is 5. The lowest BCUT2D eigenvalue weighted by Crippen LogP contribution is -2.26. The Morgan fingerprint density at radius 1 is 1.24 bits per heavy atom. The van der Waals surface area contributed by atoms with Gasteiger partial charge in [-0.3, -0.25) is 0 Å². The van der Waals surface area contributed by atoms with E-state index in [0.29, 0.717) is 23.1 Å². The van der Waals surface area contributed by atoms with E-state index in [9.17, 15) is 0 Å². The van der Waals surface area contributed by atoms with Crippen LogP contribution in [0.15, 0.2) is 40.9 Å². The standard InChI is InChI=1S/C19H19BrClNO2S/c1-23-17-11-14(19(25)22-8-4-5-9-22)10-15(20)18(17)24-12-13-6-2-3-7-16(13)21/h2-3,6-7,10-11H,4-5,8-9,12H2,1H3. The molecule has 2 aromatic carbocycles. The molecule has 25 heavy (non-hydrogen) atoms. The van der Waals surface area contributed by atoms with Gasteiger partial charge in [0, 0.05) is 29.2 Å². The number of methoxy groups -OCH3 is 1. The van der Waals surface area contributed by atoms with Gasteiger partial charge in [-0.2, -0.15) is 0 Å². The SMILES string of the molecule is COc1cc(C(=S)N2CCCC2)cc(Br)c1OCc1ccccc1Cl. The van der Waals surface area contributed by atoms with Crippen molar-refractivity contribution in [2.24, 2.45) is 0 Å². The van der Waals surface area contributed by atoms with Crippen molar-refractivity contribution in [1.29, 1.82) is 0 Å². The van der Waals surface area contributed by atoms with E-state index in [-0.39, 0.29) is 0 Å². The van der Waals surface area contributed by atoms with Crippen LogP contribution in [0.5, 0.6) is 11.5 Å². The highest BCUT2D eigenvalue weighted by atomic mass is 79.9. The predicted octanol–water partition coefficient (Wildman–Crippen LogP) is 5.46. The highest BCUT2D eigenvalue weighted by molar-refractivity contribution is 9.10. The van der Waals surface area contributed by atoms with Crippen LogP contribution in [0.1, 0.15) is 24.0 Å². The average molecular weight is 441 g/mol. The van der Waals surface area contributed by atoms with Crippen LogP contribution in [0.4, 0.5) is 0 Å². The lowest BCUT2D eigenvalue weighted by Gasteiger charge is -2.20. The van der Waals surface area contributed by atoms with Gasteiger partial charge in [0.25, 0.3) is 0 Å². The van der Waals surface area contributed by atoms with Crippen LogP contribution in [0.2, 0.25) is 5.02 Å². The number of ether oxygens (including phenoxy) is 2. The van der Waals surface area contributed by atoms with Gasteiger partial charge >= 0.3 is 0 Å². The van der Waals surface area contributed by atoms with Gasteiger partial charge in [-0.25, -0.2) is 0 Å². The summed E-state index contributed by atoms with van der Waals surface area (Å²) in [5.74, 6) is 1.30. The summed E-state index contributed by atoms with van der Waals surface area (Å²) in [6, 6.07) is 11.6. The molecule has 1 heterocycles. The zero-order valence-electron chi connectivity index (χ0n) is 13.9. The fourth-order valence-electron chi connectivity index (χ4n) is 2.85. The van der Waals surface area contributed by atoms with E-state index < -0.39 is 0 Å². The number of likely N-dealkylation sites (tertiary alicyclic amines) is 1. The van der Waals surface area contributed by atoms with Gasteiger partial charge in [0.15, 0.2) is 11.5 Å². The van der Waals surface area contributed by atoms with E-state index in [0.717, 1.165) is 33.7 Å². The molecule has 1 aliphatic heterocycles. The quantitative estimate of drug-likeness (QED) is 0.575. The minimum Gasteiger partial charge on any atom is -0.493 e. The Kier molecular flexibility index (Phi) is 6.20. The minimum atomic E-state index is 0.366. The molecule has 0 N–H and O–H groups in total. The van der Waals surface area contributed by atoms with Crippen LogP contribution >= 0.6 is 39.7 Å². The maximum absolute atomic E-state index is 6.20. The lowest BCUT2D eigenvalue weighted by molar-refractivity contribution is 0.282. The molecule has 6 heteroatoms. The number of halogens is 2. The van der Waals surface area contributed by atoms with Crippen LogP contribution in [-0.2, 0) is 6.61 Å². The van der Waals surface area contributed by atoms with Gasteiger partial charge < -0.3 is 14.4 Å². The van der Waals surface area contributed by atoms with Crippen molar-refractivity contribution in [2.45, 2.75) is 19.4 Å². The van der Waals surface area contributed by atoms with Crippen molar-refractivity contribution < 1.29 is 9.47 Å². The van der Waals surface area contributed by atoms with Gasteiger partial charge in [0.1, 0.15) is 11.6 Å². The van der Waals surface area contributed by atoms with Crippen molar-refractivity contribution in [3.8, 4) is 11.5 Å². The second kappa shape index (κ2) is 8.39. The molecular weight excluding hydrogens is 422 g/mol. The molecule has 132 valence electrons. The molecule has 3 rings (SSSR count). The first-order chi connectivity index (χ1) is 12.1. The van der Waals surface area contributed by atoms with Crippen molar-refractivity contribution in [3.63, 3.8) is 0 Å². The first kappa shape index (κ1) is 18.5. The third kappa shape index (κ3) is 4.27. The molecule has 1 saturated heterocycles. The van der Waals surface area contributed by atoms with E-state index in [2.05, 4.69) is 20.8 Å². The topological polar surface area (TPSA) is 21.7 Å². The molecule has 0 aliphatic carbocycles. The van der Waals surface area contributed by atoms with E-state index >= 15 is 0 Å². The second-order valence-electron chi connectivity index (χ2n) is 5.87. The van der Waals surface area contributed by atoms with Crippen LogP contribution in [0.25, 0.3) is 0 Å². The van der Waals surface area contributed by atoms with Crippen LogP contribution in [-0.4, -0.2) is 30.1 Å². The largest absolute Gasteiger partial charge is 0.493 e. The number of thiocarbonyl (C=S) groups is 1. The Morgan fingerprint density at radius 2 is 1.96 bits per heavy atom. The summed E-state index contributed by atoms with van der Waals surface area (Å²) in [5.41, 5.74) is 1.89. The smallest absolute Gasteiger partial charge is 0.175 e. The zero-order valence-corrected chi connectivity index (χ0v) is 17.1. The van der Waals surface area contributed by atoms with E-state index in [1.54, 1.807) is 7.11 Å². The van der Waals surface area contributed by atoms with E-state index in [1.807, 2.05) is 36.4 Å². The normalized spacial score (nSPS) is 13.8. The summed E-state index contributed by atoms with van der Waals surface area (Å²) < 4.78 is 12.3. The average Bonchev–Trinajstić information content (AvgIpc) is 3.15. The van der Waals surface area contributed by atoms with E-state index in [1.165, 1.54) is 12.8 Å². The number of nitrogens with zero attached hydrogens (tertiary/aromatic N) is 1. The van der Waals surface area contributed by atoms with Gasteiger partial charge in [0.2, 0.25) is 0 Å². The summed E-state index contributed by atoms with van der Waals surface area (Å²) in [4.78, 5) is 3.09. The Balaban J connectivity index is 1.82. The fourth-order valence-corrected chi connectivity index (χ4v) is 3.90. The summed E-state index contributed by atoms with van der Waals surface area (Å²) in [5, 5.41) is 0.685. The van der Waals surface area contributed by atoms with Crippen molar-refractivity contribution in [1.82, 2.24) is 4.90 Å². The van der Waals surface area contributed by atoms with Crippen molar-refractivity contribution >= 4 is 44.7 Å². The molecule has 0 radical (unpaired) electrons. The van der Waals surface area contributed by atoms with Crippen LogP contribution in [0.3, 0.4) is 0 Å². The second-order valence-corrected chi connectivity index (χ2v) is 7.52. The van der Waals surface area contributed by atoms with E-state index in [4.69, 9.17) is 33.3 Å². The Labute approximate surface area is 167 Å². The zero-order chi connectivity index (χ0) is 17.8. The third-order valence-corrected chi connectivity index (χ3v) is 5.65. The molecule has 0 aromatic heterocycles. The molecular formula is C19H19BrClNO2S. The molecule has 1 fully saturated rings. The Bertz CT molecular complexity index is 778. The first-order valence-corrected chi connectivity index (χ1v) is 9.71. The van der Waals surface area contributed by atoms with Crippen molar-refractivity contribution in [3.05, 3.63) is 57.0 Å². The Morgan fingerprint density at radius 3 is 2.64 bits per heavy atom. The molecule has 0 spiro atoms. The van der Waals surface area contributed by atoms with Gasteiger partial charge in [-0.05, 0) is 47.0 Å². The lowest BCUT2D eigenvalue weighted by atomic mass is 10.2. The van der Waals surface area contributed by atoms with Crippen LogP contribution in [0, 0.1) is 0 Å². The van der Waals surface area contributed by atoms with Gasteiger partial charge in [0.05, 0.1) is 11.6 Å². The molecule has 0 unspecified atom stereocenters. The Hall–Kier alpha value is -1.30. The molecule has 0 atom stereocenters. The molecule has 0 amide bonds. The molecule has 0 saturated carbocycles. The summed E-state index contributed by atoms with van der Waals surface area (Å²) in [6.07, 6.45) is 2.38. The maximum Gasteiger partial charge on any atom is 0.175 e. The monoisotopic (exact) mass is 439 g/mol. The minimum absolute atomic E-state index is 0.366. The summed E-state index contributed by atoms with van der Waals surface area (Å²) in [7, 11) is 1.63. The van der Waals surface area contributed by atoms with Gasteiger partial charge in [-0.1, -0.05) is 42.0 Å². The van der Waals surface area contributed by atoms with Gasteiger partial charge in [-0.15, -0.1) is 0 Å². The molecule has 1 aliphatic rings. The number of benzene rings is 2. The molecule has 0 bridgehead atoms. The van der Waals surface area contributed by atoms with Crippen LogP contribution < -0.4 is 9.47 Å². The highest BCUT2D eigenvalue weighted by Gasteiger charge is 2.20. The number of hydrogen-bond donors (Lipinski definition) is 0. The number of hydrogen-bond acceptors (Lipinski definition) is 3. The fraction of sp³-hybridized carbons (Fsp3) is 0.316. The van der Waals surface area contributed by atoms with Crippen molar-refractivity contribution in [2.75, 3.05) is 20.2 Å². The maximum atomic E-state index is 6.20. The molecule has 2 aromatic rings. The summed E-state index contributed by atoms with van der Waals surface area (Å²) in [6.45, 7) is 2.40. The predicted molar refractivity (Wildman–Crippen MR) is 109 cm³/mol. The molecule has 3 nitrogen and oxygen atoms in total. The summed E-state index contributed by atoms with van der Waals surface area (Å²) >= 11 is 15.4. The highest BCUT2D eigenvalue weighted by Crippen LogP contribution is 2.38.